The zero-order valence-electron chi connectivity index (χ0n) is 17.5. The summed E-state index contributed by atoms with van der Waals surface area (Å²) >= 11 is 0. The van der Waals surface area contributed by atoms with Crippen molar-refractivity contribution in [1.29, 1.82) is 0 Å². The van der Waals surface area contributed by atoms with Gasteiger partial charge < -0.3 is 10.6 Å². The number of aromatic nitrogens is 2. The topological polar surface area (TPSA) is 57.5 Å². The quantitative estimate of drug-likeness (QED) is 0.419. The molecule has 0 aliphatic carbocycles. The molecule has 6 heteroatoms. The average molecular weight is 383 g/mol. The highest BCUT2D eigenvalue weighted by molar-refractivity contribution is 5.79. The molecular formula is C22H34N6. The zero-order valence-corrected chi connectivity index (χ0v) is 17.5. The Morgan fingerprint density at radius 1 is 1.07 bits per heavy atom. The molecule has 1 saturated heterocycles. The largest absolute Gasteiger partial charge is 0.356 e. The van der Waals surface area contributed by atoms with Crippen molar-refractivity contribution in [2.75, 3.05) is 26.7 Å². The third-order valence-corrected chi connectivity index (χ3v) is 5.25. The fraction of sp³-hybridized carbons (Fsp3) is 0.545. The molecule has 0 amide bonds. The van der Waals surface area contributed by atoms with Gasteiger partial charge in [0.15, 0.2) is 5.96 Å². The van der Waals surface area contributed by atoms with Gasteiger partial charge >= 0.3 is 0 Å². The van der Waals surface area contributed by atoms with Crippen molar-refractivity contribution in [2.24, 2.45) is 4.99 Å². The van der Waals surface area contributed by atoms with Crippen LogP contribution in [0.4, 0.5) is 0 Å². The number of benzene rings is 1. The minimum atomic E-state index is 0.779. The van der Waals surface area contributed by atoms with E-state index in [1.807, 2.05) is 14.0 Å². The maximum absolute atomic E-state index is 4.50. The van der Waals surface area contributed by atoms with Gasteiger partial charge in [-0.15, -0.1) is 0 Å². The van der Waals surface area contributed by atoms with E-state index in [1.54, 1.807) is 0 Å². The van der Waals surface area contributed by atoms with E-state index in [2.05, 4.69) is 67.6 Å². The fourth-order valence-electron chi connectivity index (χ4n) is 3.70. The molecule has 0 spiro atoms. The molecule has 2 heterocycles. The van der Waals surface area contributed by atoms with E-state index in [0.717, 1.165) is 44.3 Å². The van der Waals surface area contributed by atoms with Crippen LogP contribution in [-0.2, 0) is 19.6 Å². The van der Waals surface area contributed by atoms with Gasteiger partial charge in [0.25, 0.3) is 0 Å². The molecule has 2 N–H and O–H groups in total. The lowest BCUT2D eigenvalue weighted by molar-refractivity contribution is 0.331. The van der Waals surface area contributed by atoms with Gasteiger partial charge in [0.1, 0.15) is 0 Å². The summed E-state index contributed by atoms with van der Waals surface area (Å²) in [6.45, 7) is 10.3. The van der Waals surface area contributed by atoms with Gasteiger partial charge in [-0.2, -0.15) is 5.10 Å². The van der Waals surface area contributed by atoms with E-state index in [-0.39, 0.29) is 0 Å². The average Bonchev–Trinajstić information content (AvgIpc) is 3.31. The molecule has 1 fully saturated rings. The van der Waals surface area contributed by atoms with E-state index < -0.39 is 0 Å². The number of hydrogen-bond acceptors (Lipinski definition) is 3. The Morgan fingerprint density at radius 2 is 1.79 bits per heavy atom. The van der Waals surface area contributed by atoms with Crippen molar-refractivity contribution in [3.8, 4) is 0 Å². The molecule has 152 valence electrons. The molecule has 0 atom stereocenters. The number of aliphatic imine (C=N–C) groups is 1. The first-order valence-electron chi connectivity index (χ1n) is 10.4. The number of nitrogens with one attached hydrogen (secondary N) is 2. The Labute approximate surface area is 169 Å². The Balaban J connectivity index is 1.36. The molecule has 1 aliphatic heterocycles. The highest BCUT2D eigenvalue weighted by atomic mass is 15.3. The van der Waals surface area contributed by atoms with Gasteiger partial charge in [0.05, 0.1) is 5.69 Å². The molecule has 0 bridgehead atoms. The van der Waals surface area contributed by atoms with E-state index in [9.17, 15) is 0 Å². The highest BCUT2D eigenvalue weighted by Gasteiger charge is 2.11. The van der Waals surface area contributed by atoms with Crippen LogP contribution in [0.25, 0.3) is 0 Å². The maximum Gasteiger partial charge on any atom is 0.191 e. The summed E-state index contributed by atoms with van der Waals surface area (Å²) in [6, 6.07) is 11.0. The van der Waals surface area contributed by atoms with E-state index in [1.165, 1.54) is 42.8 Å². The van der Waals surface area contributed by atoms with E-state index in [0.29, 0.717) is 0 Å². The predicted molar refractivity (Wildman–Crippen MR) is 115 cm³/mol. The Morgan fingerprint density at radius 3 is 2.43 bits per heavy atom. The third-order valence-electron chi connectivity index (χ3n) is 5.25. The number of likely N-dealkylation sites (tertiary alicyclic amines) is 1. The van der Waals surface area contributed by atoms with Gasteiger partial charge in [-0.1, -0.05) is 24.3 Å². The Hall–Kier alpha value is -2.34. The summed E-state index contributed by atoms with van der Waals surface area (Å²) in [7, 11) is 1.81. The second-order valence-corrected chi connectivity index (χ2v) is 7.66. The van der Waals surface area contributed by atoms with Gasteiger partial charge in [-0.3, -0.25) is 14.6 Å². The van der Waals surface area contributed by atoms with Gasteiger partial charge in [0.2, 0.25) is 0 Å². The maximum atomic E-state index is 4.50. The van der Waals surface area contributed by atoms with Crippen LogP contribution in [0, 0.1) is 13.8 Å². The summed E-state index contributed by atoms with van der Waals surface area (Å²) in [5, 5.41) is 11.3. The number of guanidine groups is 1. The van der Waals surface area contributed by atoms with Gasteiger partial charge in [-0.05, 0) is 63.4 Å². The van der Waals surface area contributed by atoms with Gasteiger partial charge in [-0.25, -0.2) is 0 Å². The van der Waals surface area contributed by atoms with Crippen molar-refractivity contribution in [3.05, 3.63) is 52.8 Å². The summed E-state index contributed by atoms with van der Waals surface area (Å²) in [4.78, 5) is 6.85. The summed E-state index contributed by atoms with van der Waals surface area (Å²) in [5.41, 5.74) is 4.97. The highest BCUT2D eigenvalue weighted by Crippen LogP contribution is 2.13. The van der Waals surface area contributed by atoms with Crippen molar-refractivity contribution >= 4 is 5.96 Å². The fourth-order valence-corrected chi connectivity index (χ4v) is 3.70. The van der Waals surface area contributed by atoms with Crippen LogP contribution in [-0.4, -0.2) is 47.3 Å². The molecule has 6 nitrogen and oxygen atoms in total. The number of hydrogen-bond donors (Lipinski definition) is 2. The van der Waals surface area contributed by atoms with E-state index >= 15 is 0 Å². The minimum Gasteiger partial charge on any atom is -0.356 e. The zero-order chi connectivity index (χ0) is 19.8. The van der Waals surface area contributed by atoms with Crippen molar-refractivity contribution in [3.63, 3.8) is 0 Å². The monoisotopic (exact) mass is 382 g/mol. The van der Waals surface area contributed by atoms with Gasteiger partial charge in [0, 0.05) is 38.9 Å². The van der Waals surface area contributed by atoms with Crippen LogP contribution in [0.15, 0.2) is 35.3 Å². The van der Waals surface area contributed by atoms with Crippen molar-refractivity contribution in [1.82, 2.24) is 25.3 Å². The molecule has 0 saturated carbocycles. The predicted octanol–water partition coefficient (Wildman–Crippen LogP) is 2.85. The molecule has 1 aromatic heterocycles. The Kier molecular flexibility index (Phi) is 7.48. The smallest absolute Gasteiger partial charge is 0.191 e. The minimum absolute atomic E-state index is 0.779. The first kappa shape index (κ1) is 20.4. The van der Waals surface area contributed by atoms with Crippen molar-refractivity contribution in [2.45, 2.75) is 52.7 Å². The lowest BCUT2D eigenvalue weighted by Crippen LogP contribution is -2.37. The van der Waals surface area contributed by atoms with E-state index in [4.69, 9.17) is 0 Å². The molecule has 1 aliphatic rings. The van der Waals surface area contributed by atoms with Crippen LogP contribution in [0.1, 0.15) is 41.8 Å². The van der Waals surface area contributed by atoms with Crippen LogP contribution in [0.2, 0.25) is 0 Å². The molecule has 28 heavy (non-hydrogen) atoms. The molecule has 2 aromatic rings. The van der Waals surface area contributed by atoms with Crippen molar-refractivity contribution < 1.29 is 0 Å². The lowest BCUT2D eigenvalue weighted by Gasteiger charge is -2.15. The number of nitrogens with zero attached hydrogens (tertiary/aromatic N) is 4. The first-order valence-corrected chi connectivity index (χ1v) is 10.4. The summed E-state index contributed by atoms with van der Waals surface area (Å²) in [5.74, 6) is 0.842. The summed E-state index contributed by atoms with van der Waals surface area (Å²) < 4.78 is 2.07. The number of aryl methyl sites for hydroxylation is 3. The van der Waals surface area contributed by atoms with Crippen LogP contribution >= 0.6 is 0 Å². The standard InChI is InChI=1S/C22H34N6/c1-18-15-19(2)28(26-18)14-6-11-24-22(23-3)25-16-20-7-9-21(10-8-20)17-27-12-4-5-13-27/h7-10,15H,4-6,11-14,16-17H2,1-3H3,(H2,23,24,25). The van der Waals surface area contributed by atoms with Crippen LogP contribution < -0.4 is 10.6 Å². The third kappa shape index (κ3) is 6.09. The molecular weight excluding hydrogens is 348 g/mol. The second-order valence-electron chi connectivity index (χ2n) is 7.66. The summed E-state index contributed by atoms with van der Waals surface area (Å²) in [6.07, 6.45) is 3.69. The SMILES string of the molecule is CN=C(NCCCn1nc(C)cc1C)NCc1ccc(CN2CCCC2)cc1. The van der Waals surface area contributed by atoms with Crippen LogP contribution in [0.3, 0.4) is 0 Å². The molecule has 1 aromatic carbocycles. The first-order chi connectivity index (χ1) is 13.6. The molecule has 0 radical (unpaired) electrons. The lowest BCUT2D eigenvalue weighted by atomic mass is 10.1. The Bertz CT molecular complexity index is 756. The van der Waals surface area contributed by atoms with Crippen LogP contribution in [0.5, 0.6) is 0 Å². The molecule has 0 unspecified atom stereocenters. The second kappa shape index (κ2) is 10.3. The molecule has 3 rings (SSSR count). The number of rotatable bonds is 8. The normalized spacial score (nSPS) is 15.2.